The Hall–Kier alpha value is -2.74. The highest BCUT2D eigenvalue weighted by Crippen LogP contribution is 2.29. The lowest BCUT2D eigenvalue weighted by molar-refractivity contribution is -0.116. The highest BCUT2D eigenvalue weighted by atomic mass is 32.1. The number of carbonyl (C=O) groups excluding carboxylic acids is 1. The number of hydrogen-bond donors (Lipinski definition) is 1. The molecule has 8 heteroatoms. The molecule has 0 unspecified atom stereocenters. The van der Waals surface area contributed by atoms with Gasteiger partial charge in [0.1, 0.15) is 18.4 Å². The molecule has 26 heavy (non-hydrogen) atoms. The van der Waals surface area contributed by atoms with Crippen molar-refractivity contribution < 1.29 is 9.53 Å². The van der Waals surface area contributed by atoms with E-state index in [1.54, 1.807) is 10.9 Å². The third-order valence-electron chi connectivity index (χ3n) is 3.96. The van der Waals surface area contributed by atoms with Crippen LogP contribution >= 0.6 is 11.3 Å². The molecule has 0 bridgehead atoms. The number of nitrogens with one attached hydrogen (secondary N) is 1. The molecule has 0 aliphatic rings. The lowest BCUT2D eigenvalue weighted by Gasteiger charge is -2.14. The molecule has 0 aliphatic heterocycles. The SMILES string of the molecule is Cc1cnn(CC(=O)Nc2nnc([C@@H](C)Oc3cccc(C)c3C)s2)c1. The van der Waals surface area contributed by atoms with Gasteiger partial charge in [-0.15, -0.1) is 10.2 Å². The summed E-state index contributed by atoms with van der Waals surface area (Å²) in [6, 6.07) is 5.95. The Morgan fingerprint density at radius 3 is 2.85 bits per heavy atom. The number of aryl methyl sites for hydroxylation is 2. The first-order valence-electron chi connectivity index (χ1n) is 8.27. The highest BCUT2D eigenvalue weighted by molar-refractivity contribution is 7.15. The highest BCUT2D eigenvalue weighted by Gasteiger charge is 2.16. The number of aromatic nitrogens is 4. The Kier molecular flexibility index (Phi) is 5.32. The van der Waals surface area contributed by atoms with Gasteiger partial charge in [0.2, 0.25) is 11.0 Å². The van der Waals surface area contributed by atoms with Gasteiger partial charge in [-0.05, 0) is 50.5 Å². The predicted molar refractivity (Wildman–Crippen MR) is 100 cm³/mol. The lowest BCUT2D eigenvalue weighted by Crippen LogP contribution is -2.18. The Morgan fingerprint density at radius 1 is 1.31 bits per heavy atom. The number of anilines is 1. The normalized spacial score (nSPS) is 12.0. The second kappa shape index (κ2) is 7.65. The zero-order chi connectivity index (χ0) is 18.7. The van der Waals surface area contributed by atoms with E-state index >= 15 is 0 Å². The summed E-state index contributed by atoms with van der Waals surface area (Å²) in [4.78, 5) is 12.1. The van der Waals surface area contributed by atoms with Crippen LogP contribution in [0, 0.1) is 20.8 Å². The summed E-state index contributed by atoms with van der Waals surface area (Å²) in [6.07, 6.45) is 3.26. The molecule has 3 rings (SSSR count). The lowest BCUT2D eigenvalue weighted by atomic mass is 10.1. The maximum atomic E-state index is 12.1. The second-order valence-electron chi connectivity index (χ2n) is 6.17. The van der Waals surface area contributed by atoms with Crippen LogP contribution in [-0.2, 0) is 11.3 Å². The molecule has 1 amide bonds. The number of amides is 1. The fourth-order valence-corrected chi connectivity index (χ4v) is 3.14. The van der Waals surface area contributed by atoms with Crippen molar-refractivity contribution in [1.29, 1.82) is 0 Å². The minimum absolute atomic E-state index is 0.136. The second-order valence-corrected chi connectivity index (χ2v) is 7.18. The first-order valence-corrected chi connectivity index (χ1v) is 9.09. The van der Waals surface area contributed by atoms with Crippen molar-refractivity contribution in [3.8, 4) is 5.75 Å². The molecule has 0 fully saturated rings. The third-order valence-corrected chi connectivity index (χ3v) is 4.96. The average Bonchev–Trinajstić information content (AvgIpc) is 3.21. The third kappa shape index (κ3) is 4.26. The van der Waals surface area contributed by atoms with Gasteiger partial charge in [-0.2, -0.15) is 5.10 Å². The molecule has 2 aromatic heterocycles. The maximum absolute atomic E-state index is 12.1. The van der Waals surface area contributed by atoms with Crippen LogP contribution in [0.25, 0.3) is 0 Å². The van der Waals surface area contributed by atoms with Crippen molar-refractivity contribution >= 4 is 22.4 Å². The standard InChI is InChI=1S/C18H21N5O2S/c1-11-8-19-23(9-11)10-16(24)20-18-22-21-17(26-18)14(4)25-15-7-5-6-12(2)13(15)3/h5-9,14H,10H2,1-4H3,(H,20,22,24)/t14-/m1/s1. The van der Waals surface area contributed by atoms with E-state index in [1.807, 2.05) is 52.1 Å². The number of ether oxygens (including phenoxy) is 1. The maximum Gasteiger partial charge on any atom is 0.247 e. The molecule has 7 nitrogen and oxygen atoms in total. The summed E-state index contributed by atoms with van der Waals surface area (Å²) in [5, 5.41) is 16.2. The van der Waals surface area contributed by atoms with Crippen molar-refractivity contribution in [2.45, 2.75) is 40.3 Å². The molecular formula is C18H21N5O2S. The van der Waals surface area contributed by atoms with Crippen LogP contribution < -0.4 is 10.1 Å². The van der Waals surface area contributed by atoms with Crippen molar-refractivity contribution in [3.05, 3.63) is 52.3 Å². The number of hydrogen-bond acceptors (Lipinski definition) is 6. The quantitative estimate of drug-likeness (QED) is 0.718. The number of rotatable bonds is 6. The Balaban J connectivity index is 1.61. The Morgan fingerprint density at radius 2 is 2.12 bits per heavy atom. The van der Waals surface area contributed by atoms with Crippen molar-refractivity contribution in [3.63, 3.8) is 0 Å². The number of benzene rings is 1. The van der Waals surface area contributed by atoms with Gasteiger partial charge in [-0.3, -0.25) is 14.8 Å². The summed E-state index contributed by atoms with van der Waals surface area (Å²) in [6.45, 7) is 8.06. The first-order chi connectivity index (χ1) is 12.4. The molecule has 1 N–H and O–H groups in total. The van der Waals surface area contributed by atoms with Crippen LogP contribution in [-0.4, -0.2) is 25.9 Å². The van der Waals surface area contributed by atoms with Crippen LogP contribution in [0.2, 0.25) is 0 Å². The van der Waals surface area contributed by atoms with Crippen LogP contribution in [0.15, 0.2) is 30.6 Å². The molecule has 1 atom stereocenters. The predicted octanol–water partition coefficient (Wildman–Crippen LogP) is 3.44. The monoisotopic (exact) mass is 371 g/mol. The van der Waals surface area contributed by atoms with Crippen molar-refractivity contribution in [2.24, 2.45) is 0 Å². The van der Waals surface area contributed by atoms with Crippen molar-refractivity contribution in [1.82, 2.24) is 20.0 Å². The van der Waals surface area contributed by atoms with Crippen LogP contribution in [0.1, 0.15) is 34.7 Å². The molecule has 0 aliphatic carbocycles. The molecule has 1 aromatic carbocycles. The smallest absolute Gasteiger partial charge is 0.247 e. The van der Waals surface area contributed by atoms with E-state index in [4.69, 9.17) is 4.74 Å². The Bertz CT molecular complexity index is 918. The van der Waals surface area contributed by atoms with Gasteiger partial charge in [0.15, 0.2) is 5.01 Å². The summed E-state index contributed by atoms with van der Waals surface area (Å²) in [5.41, 5.74) is 3.29. The van der Waals surface area contributed by atoms with Gasteiger partial charge >= 0.3 is 0 Å². The van der Waals surface area contributed by atoms with Gasteiger partial charge in [0, 0.05) is 6.20 Å². The van der Waals surface area contributed by atoms with Gasteiger partial charge in [0.05, 0.1) is 6.20 Å². The average molecular weight is 371 g/mol. The summed E-state index contributed by atoms with van der Waals surface area (Å²) < 4.78 is 7.59. The van der Waals surface area contributed by atoms with Gasteiger partial charge in [-0.1, -0.05) is 23.5 Å². The molecule has 0 saturated heterocycles. The first kappa shape index (κ1) is 18.1. The van der Waals surface area contributed by atoms with E-state index in [-0.39, 0.29) is 18.6 Å². The van der Waals surface area contributed by atoms with E-state index in [1.165, 1.54) is 16.9 Å². The fraction of sp³-hybridized carbons (Fsp3) is 0.333. The largest absolute Gasteiger partial charge is 0.483 e. The molecular weight excluding hydrogens is 350 g/mol. The van der Waals surface area contributed by atoms with E-state index < -0.39 is 0 Å². The van der Waals surface area contributed by atoms with E-state index in [0.29, 0.717) is 10.1 Å². The topological polar surface area (TPSA) is 81.9 Å². The summed E-state index contributed by atoms with van der Waals surface area (Å²) >= 11 is 1.31. The van der Waals surface area contributed by atoms with Crippen molar-refractivity contribution in [2.75, 3.05) is 5.32 Å². The zero-order valence-electron chi connectivity index (χ0n) is 15.2. The molecule has 3 aromatic rings. The van der Waals surface area contributed by atoms with Gasteiger partial charge in [-0.25, -0.2) is 0 Å². The number of carbonyl (C=O) groups is 1. The van der Waals surface area contributed by atoms with E-state index in [2.05, 4.69) is 20.6 Å². The molecule has 136 valence electrons. The minimum atomic E-state index is -0.257. The van der Waals surface area contributed by atoms with Gasteiger partial charge < -0.3 is 4.74 Å². The van der Waals surface area contributed by atoms with Gasteiger partial charge in [0.25, 0.3) is 0 Å². The minimum Gasteiger partial charge on any atom is -0.483 e. The summed E-state index contributed by atoms with van der Waals surface area (Å²) in [7, 11) is 0. The number of nitrogens with zero attached hydrogens (tertiary/aromatic N) is 4. The summed E-state index contributed by atoms with van der Waals surface area (Å²) in [5.74, 6) is 0.631. The molecule has 2 heterocycles. The van der Waals surface area contributed by atoms with E-state index in [0.717, 1.165) is 16.9 Å². The van der Waals surface area contributed by atoms with E-state index in [9.17, 15) is 4.79 Å². The molecule has 0 spiro atoms. The molecule has 0 radical (unpaired) electrons. The van der Waals surface area contributed by atoms with Crippen LogP contribution in [0.3, 0.4) is 0 Å². The molecule has 0 saturated carbocycles. The van der Waals surface area contributed by atoms with Crippen LogP contribution in [0.4, 0.5) is 5.13 Å². The zero-order valence-corrected chi connectivity index (χ0v) is 16.0. The van der Waals surface area contributed by atoms with Crippen LogP contribution in [0.5, 0.6) is 5.75 Å². The Labute approximate surface area is 156 Å². The fourth-order valence-electron chi connectivity index (χ4n) is 2.40.